The molecular weight excluding hydrogens is 388 g/mol. The molecule has 2 aromatic carbocycles. The number of aromatic nitrogens is 4. The molecule has 2 heterocycles. The molecule has 0 saturated heterocycles. The smallest absolute Gasteiger partial charge is 0.211 e. The van der Waals surface area contributed by atoms with Gasteiger partial charge in [-0.3, -0.25) is 4.79 Å². The minimum absolute atomic E-state index is 0.0200. The van der Waals surface area contributed by atoms with Crippen LogP contribution in [0.1, 0.15) is 5.56 Å². The number of carbonyl (C=O) groups excluding carboxylic acids is 1. The zero-order valence-corrected chi connectivity index (χ0v) is 16.1. The summed E-state index contributed by atoms with van der Waals surface area (Å²) in [5.41, 5.74) is 8.76. The van der Waals surface area contributed by atoms with Crippen molar-refractivity contribution in [3.05, 3.63) is 60.4 Å². The summed E-state index contributed by atoms with van der Waals surface area (Å²) in [6, 6.07) is 15.2. The number of carbonyl (C=O) groups is 1. The summed E-state index contributed by atoms with van der Waals surface area (Å²) in [6.07, 6.45) is 2.75. The molecule has 4 aromatic rings. The van der Waals surface area contributed by atoms with Gasteiger partial charge in [0.2, 0.25) is 6.41 Å². The van der Waals surface area contributed by atoms with Crippen LogP contribution in [0, 0.1) is 0 Å². The number of fused-ring (bicyclic) bond motifs is 1. The van der Waals surface area contributed by atoms with Gasteiger partial charge in [-0.2, -0.15) is 0 Å². The Morgan fingerprint density at radius 2 is 2.00 bits per heavy atom. The Kier molecular flexibility index (Phi) is 5.30. The third-order valence-corrected chi connectivity index (χ3v) is 5.37. The highest BCUT2D eigenvalue weighted by atomic mass is 32.2. The average Bonchev–Trinajstić information content (AvgIpc) is 3.08. The van der Waals surface area contributed by atoms with E-state index in [2.05, 4.69) is 32.4 Å². The molecule has 0 atom stereocenters. The summed E-state index contributed by atoms with van der Waals surface area (Å²) >= 11 is 1.38. The van der Waals surface area contributed by atoms with Crippen molar-refractivity contribution in [3.8, 4) is 5.75 Å². The van der Waals surface area contributed by atoms with Crippen LogP contribution in [0.15, 0.2) is 64.9 Å². The van der Waals surface area contributed by atoms with Crippen LogP contribution in [-0.2, 0) is 17.8 Å². The van der Waals surface area contributed by atoms with E-state index in [4.69, 9.17) is 5.73 Å². The molecule has 0 bridgehead atoms. The maximum Gasteiger partial charge on any atom is 0.211 e. The molecule has 9 heteroatoms. The van der Waals surface area contributed by atoms with E-state index in [0.29, 0.717) is 40.8 Å². The molecule has 29 heavy (non-hydrogen) atoms. The van der Waals surface area contributed by atoms with Crippen LogP contribution in [0.2, 0.25) is 0 Å². The summed E-state index contributed by atoms with van der Waals surface area (Å²) in [5, 5.41) is 13.2. The van der Waals surface area contributed by atoms with E-state index in [0.717, 1.165) is 11.3 Å². The summed E-state index contributed by atoms with van der Waals surface area (Å²) < 4.78 is 2.00. The number of aromatic hydroxyl groups is 1. The fraction of sp³-hybridized carbons (Fsp3) is 0.100. The Hall–Kier alpha value is -3.59. The van der Waals surface area contributed by atoms with Gasteiger partial charge in [0, 0.05) is 11.4 Å². The third-order valence-electron chi connectivity index (χ3n) is 4.38. The van der Waals surface area contributed by atoms with E-state index >= 15 is 0 Å². The average molecular weight is 406 g/mol. The topological polar surface area (TPSA) is 119 Å². The Labute approximate surface area is 170 Å². The Balaban J connectivity index is 1.68. The molecule has 0 aliphatic rings. The molecule has 0 unspecified atom stereocenters. The molecule has 0 fully saturated rings. The van der Waals surface area contributed by atoms with Crippen LogP contribution >= 0.6 is 11.8 Å². The van der Waals surface area contributed by atoms with Crippen LogP contribution in [0.3, 0.4) is 0 Å². The highest BCUT2D eigenvalue weighted by molar-refractivity contribution is 7.99. The molecule has 1 amide bonds. The van der Waals surface area contributed by atoms with E-state index in [9.17, 15) is 9.90 Å². The van der Waals surface area contributed by atoms with Gasteiger partial charge in [0.25, 0.3) is 0 Å². The highest BCUT2D eigenvalue weighted by Gasteiger charge is 2.16. The lowest BCUT2D eigenvalue weighted by Gasteiger charge is -2.09. The summed E-state index contributed by atoms with van der Waals surface area (Å²) in [4.78, 5) is 24.4. The largest absolute Gasteiger partial charge is 0.506 e. The maximum atomic E-state index is 10.6. The fourth-order valence-corrected chi connectivity index (χ4v) is 3.91. The van der Waals surface area contributed by atoms with Crippen LogP contribution in [-0.4, -0.2) is 31.0 Å². The first kappa shape index (κ1) is 18.8. The first-order valence-electron chi connectivity index (χ1n) is 8.87. The zero-order valence-electron chi connectivity index (χ0n) is 15.3. The standard InChI is InChI=1S/C20H18N6O2S/c21-18-17-19(23-11-22-18)26(9-8-13-4-2-1-3-5-13)20(25-17)29-14-6-7-15(24-12-27)16(28)10-14/h1-7,10-12,28H,8-9H2,(H,24,27)(H2,21,22,23). The Morgan fingerprint density at radius 1 is 1.17 bits per heavy atom. The minimum Gasteiger partial charge on any atom is -0.506 e. The number of phenolic OH excluding ortho intramolecular Hbond substituents is 1. The normalized spacial score (nSPS) is 10.9. The number of nitrogens with zero attached hydrogens (tertiary/aromatic N) is 4. The molecular formula is C20H18N6O2S. The van der Waals surface area contributed by atoms with Gasteiger partial charge in [0.05, 0.1) is 5.69 Å². The molecule has 2 aromatic heterocycles. The van der Waals surface area contributed by atoms with Crippen molar-refractivity contribution in [2.45, 2.75) is 23.0 Å². The first-order chi connectivity index (χ1) is 14.2. The van der Waals surface area contributed by atoms with Gasteiger partial charge >= 0.3 is 0 Å². The van der Waals surface area contributed by atoms with Gasteiger partial charge in [-0.05, 0) is 30.2 Å². The number of aryl methyl sites for hydroxylation is 2. The molecule has 0 aliphatic carbocycles. The van der Waals surface area contributed by atoms with Crippen molar-refractivity contribution in [1.29, 1.82) is 0 Å². The maximum absolute atomic E-state index is 10.6. The predicted octanol–water partition coefficient (Wildman–Crippen LogP) is 3.08. The molecule has 0 aliphatic heterocycles. The van der Waals surface area contributed by atoms with Gasteiger partial charge in [-0.25, -0.2) is 15.0 Å². The summed E-state index contributed by atoms with van der Waals surface area (Å²) in [6.45, 7) is 0.663. The van der Waals surface area contributed by atoms with Crippen LogP contribution in [0.5, 0.6) is 5.75 Å². The first-order valence-corrected chi connectivity index (χ1v) is 9.69. The number of hydrogen-bond acceptors (Lipinski definition) is 7. The monoisotopic (exact) mass is 406 g/mol. The zero-order chi connectivity index (χ0) is 20.2. The predicted molar refractivity (Wildman–Crippen MR) is 112 cm³/mol. The van der Waals surface area contributed by atoms with Crippen molar-refractivity contribution in [1.82, 2.24) is 19.5 Å². The second kappa shape index (κ2) is 8.19. The van der Waals surface area contributed by atoms with E-state index in [1.165, 1.54) is 23.7 Å². The van der Waals surface area contributed by atoms with Crippen molar-refractivity contribution >= 4 is 40.8 Å². The summed E-state index contributed by atoms with van der Waals surface area (Å²) in [5.74, 6) is 0.303. The summed E-state index contributed by atoms with van der Waals surface area (Å²) in [7, 11) is 0. The van der Waals surface area contributed by atoms with Crippen LogP contribution < -0.4 is 11.1 Å². The highest BCUT2D eigenvalue weighted by Crippen LogP contribution is 2.35. The number of hydrogen-bond donors (Lipinski definition) is 3. The van der Waals surface area contributed by atoms with E-state index in [-0.39, 0.29) is 5.75 Å². The molecule has 0 spiro atoms. The van der Waals surface area contributed by atoms with Crippen molar-refractivity contribution in [3.63, 3.8) is 0 Å². The van der Waals surface area contributed by atoms with Crippen LogP contribution in [0.25, 0.3) is 11.2 Å². The van der Waals surface area contributed by atoms with Crippen molar-refractivity contribution < 1.29 is 9.90 Å². The second-order valence-electron chi connectivity index (χ2n) is 6.26. The molecule has 0 radical (unpaired) electrons. The number of nitrogens with one attached hydrogen (secondary N) is 1. The van der Waals surface area contributed by atoms with Gasteiger partial charge < -0.3 is 20.7 Å². The minimum atomic E-state index is -0.0200. The molecule has 4 rings (SSSR count). The van der Waals surface area contributed by atoms with Gasteiger partial charge in [0.1, 0.15) is 12.1 Å². The van der Waals surface area contributed by atoms with Gasteiger partial charge in [-0.1, -0.05) is 42.1 Å². The number of nitrogen functional groups attached to an aromatic ring is 1. The lowest BCUT2D eigenvalue weighted by atomic mass is 10.1. The van der Waals surface area contributed by atoms with Crippen molar-refractivity contribution in [2.75, 3.05) is 11.1 Å². The second-order valence-corrected chi connectivity index (χ2v) is 7.30. The van der Waals surface area contributed by atoms with E-state index in [1.807, 2.05) is 22.8 Å². The number of rotatable bonds is 7. The lowest BCUT2D eigenvalue weighted by Crippen LogP contribution is -2.04. The van der Waals surface area contributed by atoms with E-state index in [1.54, 1.807) is 18.2 Å². The van der Waals surface area contributed by atoms with Gasteiger partial charge in [0.15, 0.2) is 22.1 Å². The van der Waals surface area contributed by atoms with Gasteiger partial charge in [-0.15, -0.1) is 0 Å². The number of phenols is 1. The molecule has 4 N–H and O–H groups in total. The SMILES string of the molecule is Nc1ncnc2c1nc(Sc1ccc(NC=O)c(O)c1)n2CCc1ccccc1. The fourth-order valence-electron chi connectivity index (χ4n) is 2.96. The quantitative estimate of drug-likeness (QED) is 0.319. The Bertz CT molecular complexity index is 1160. The number of amides is 1. The molecule has 0 saturated carbocycles. The number of imidazole rings is 1. The number of benzene rings is 2. The van der Waals surface area contributed by atoms with E-state index < -0.39 is 0 Å². The molecule has 8 nitrogen and oxygen atoms in total. The van der Waals surface area contributed by atoms with Crippen LogP contribution in [0.4, 0.5) is 11.5 Å². The lowest BCUT2D eigenvalue weighted by molar-refractivity contribution is -0.105. The third kappa shape index (κ3) is 3.99. The number of nitrogens with two attached hydrogens (primary N) is 1. The van der Waals surface area contributed by atoms with Crippen molar-refractivity contribution in [2.24, 2.45) is 0 Å². The Morgan fingerprint density at radius 3 is 2.76 bits per heavy atom. The molecule has 146 valence electrons. The number of anilines is 2.